The number of thiophene rings is 1. The number of hydrogen-bond acceptors (Lipinski definition) is 3. The number of hydrazine groups is 1. The van der Waals surface area contributed by atoms with Crippen LogP contribution in [-0.4, -0.2) is 11.8 Å². The molecule has 0 aliphatic rings. The second kappa shape index (κ2) is 6.89. The Bertz CT molecular complexity index is 864. The summed E-state index contributed by atoms with van der Waals surface area (Å²) >= 11 is 1.31. The molecule has 2 N–H and O–H groups in total. The topological polar surface area (TPSA) is 58.2 Å². The molecule has 0 radical (unpaired) electrons. The quantitative estimate of drug-likeness (QED) is 0.574. The smallest absolute Gasteiger partial charge is 0.268 e. The van der Waals surface area contributed by atoms with E-state index >= 15 is 0 Å². The van der Waals surface area contributed by atoms with Gasteiger partial charge < -0.3 is 0 Å². The number of nitrogens with one attached hydrogen (secondary N) is 2. The van der Waals surface area contributed by atoms with Crippen LogP contribution >= 0.6 is 11.3 Å². The zero-order valence-corrected chi connectivity index (χ0v) is 13.0. The number of amides is 2. The minimum absolute atomic E-state index is 0.327. The molecule has 3 aromatic rings. The van der Waals surface area contributed by atoms with E-state index in [9.17, 15) is 9.59 Å². The fourth-order valence-electron chi connectivity index (χ4n) is 2.19. The van der Waals surface area contributed by atoms with E-state index in [1.165, 1.54) is 17.4 Å². The van der Waals surface area contributed by atoms with Crippen molar-refractivity contribution in [1.29, 1.82) is 0 Å². The summed E-state index contributed by atoms with van der Waals surface area (Å²) in [6.45, 7) is 0. The first-order chi connectivity index (χ1) is 11.2. The van der Waals surface area contributed by atoms with Gasteiger partial charge in [-0.1, -0.05) is 48.5 Å². The molecule has 1 heterocycles. The zero-order chi connectivity index (χ0) is 16.1. The van der Waals surface area contributed by atoms with Crippen molar-refractivity contribution in [1.82, 2.24) is 10.9 Å². The highest BCUT2D eigenvalue weighted by Gasteiger charge is 2.06. The molecule has 23 heavy (non-hydrogen) atoms. The van der Waals surface area contributed by atoms with Gasteiger partial charge in [0.05, 0.1) is 4.88 Å². The Morgan fingerprint density at radius 2 is 1.74 bits per heavy atom. The summed E-state index contributed by atoms with van der Waals surface area (Å²) in [4.78, 5) is 24.1. The monoisotopic (exact) mass is 322 g/mol. The molecule has 3 rings (SSSR count). The minimum atomic E-state index is -0.386. The van der Waals surface area contributed by atoms with E-state index in [4.69, 9.17) is 0 Å². The molecule has 0 spiro atoms. The minimum Gasteiger partial charge on any atom is -0.268 e. The Hall–Kier alpha value is -2.92. The van der Waals surface area contributed by atoms with Gasteiger partial charge in [0.1, 0.15) is 0 Å². The van der Waals surface area contributed by atoms with Crippen molar-refractivity contribution in [3.05, 3.63) is 76.5 Å². The number of rotatable bonds is 3. The van der Waals surface area contributed by atoms with Gasteiger partial charge in [0, 0.05) is 6.08 Å². The summed E-state index contributed by atoms with van der Waals surface area (Å²) in [5.41, 5.74) is 5.70. The molecule has 0 saturated heterocycles. The average Bonchev–Trinajstić information content (AvgIpc) is 3.12. The molecule has 0 aliphatic carbocycles. The fraction of sp³-hybridized carbons (Fsp3) is 0. The molecule has 0 fully saturated rings. The first-order valence-corrected chi connectivity index (χ1v) is 7.92. The van der Waals surface area contributed by atoms with Crippen molar-refractivity contribution in [3.8, 4) is 0 Å². The van der Waals surface area contributed by atoms with Crippen molar-refractivity contribution in [3.63, 3.8) is 0 Å². The summed E-state index contributed by atoms with van der Waals surface area (Å²) in [7, 11) is 0. The predicted molar refractivity (Wildman–Crippen MR) is 92.9 cm³/mol. The third-order valence-electron chi connectivity index (χ3n) is 3.28. The Morgan fingerprint density at radius 1 is 0.913 bits per heavy atom. The molecular formula is C18H14N2O2S. The van der Waals surface area contributed by atoms with E-state index in [-0.39, 0.29) is 11.8 Å². The van der Waals surface area contributed by atoms with Crippen LogP contribution in [0.25, 0.3) is 16.8 Å². The predicted octanol–water partition coefficient (Wildman–Crippen LogP) is 3.38. The summed E-state index contributed by atoms with van der Waals surface area (Å²) in [6.07, 6.45) is 3.13. The van der Waals surface area contributed by atoms with Crippen molar-refractivity contribution >= 4 is 40.0 Å². The lowest BCUT2D eigenvalue weighted by atomic mass is 10.0. The van der Waals surface area contributed by atoms with Gasteiger partial charge in [0.2, 0.25) is 0 Å². The van der Waals surface area contributed by atoms with Crippen LogP contribution in [0.5, 0.6) is 0 Å². The number of benzene rings is 2. The maximum atomic E-state index is 11.8. The van der Waals surface area contributed by atoms with Crippen molar-refractivity contribution < 1.29 is 9.59 Å². The number of fused-ring (bicyclic) bond motifs is 1. The second-order valence-corrected chi connectivity index (χ2v) is 5.77. The molecule has 0 unspecified atom stereocenters. The van der Waals surface area contributed by atoms with E-state index in [0.717, 1.165) is 16.3 Å². The van der Waals surface area contributed by atoms with E-state index in [0.29, 0.717) is 4.88 Å². The Kier molecular flexibility index (Phi) is 4.49. The van der Waals surface area contributed by atoms with Crippen LogP contribution in [0, 0.1) is 0 Å². The molecule has 1 aromatic heterocycles. The van der Waals surface area contributed by atoms with Crippen LogP contribution in [-0.2, 0) is 4.79 Å². The maximum Gasteiger partial charge on any atom is 0.279 e. The van der Waals surface area contributed by atoms with Gasteiger partial charge in [-0.3, -0.25) is 20.4 Å². The standard InChI is InChI=1S/C18H14N2O2S/c21-17(19-20-18(22)16-9-4-12-23-16)11-10-14-7-3-6-13-5-1-2-8-15(13)14/h1-12H,(H,19,21)(H,20,22)/b11-10+. The van der Waals surface area contributed by atoms with Gasteiger partial charge >= 0.3 is 0 Å². The number of carbonyl (C=O) groups excluding carboxylic acids is 2. The molecule has 0 bridgehead atoms. The SMILES string of the molecule is O=C(/C=C/c1cccc2ccccc12)NNC(=O)c1cccs1. The first-order valence-electron chi connectivity index (χ1n) is 7.04. The summed E-state index contributed by atoms with van der Waals surface area (Å²) in [5.74, 6) is -0.713. The largest absolute Gasteiger partial charge is 0.279 e. The molecule has 0 saturated carbocycles. The van der Waals surface area contributed by atoms with Crippen LogP contribution in [0.1, 0.15) is 15.2 Å². The maximum absolute atomic E-state index is 11.8. The Labute approximate surface area is 137 Å². The summed E-state index contributed by atoms with van der Waals surface area (Å²) < 4.78 is 0. The Balaban J connectivity index is 1.65. The van der Waals surface area contributed by atoms with Crippen LogP contribution < -0.4 is 10.9 Å². The molecule has 2 aromatic carbocycles. The highest BCUT2D eigenvalue weighted by molar-refractivity contribution is 7.12. The fourth-order valence-corrected chi connectivity index (χ4v) is 2.81. The second-order valence-electron chi connectivity index (χ2n) is 4.82. The van der Waals surface area contributed by atoms with Crippen LogP contribution in [0.15, 0.2) is 66.1 Å². The van der Waals surface area contributed by atoms with Gasteiger partial charge in [-0.2, -0.15) is 0 Å². The lowest BCUT2D eigenvalue weighted by Crippen LogP contribution is -2.40. The van der Waals surface area contributed by atoms with Crippen LogP contribution in [0.2, 0.25) is 0 Å². The van der Waals surface area contributed by atoms with Crippen LogP contribution in [0.3, 0.4) is 0 Å². The highest BCUT2D eigenvalue weighted by Crippen LogP contribution is 2.19. The summed E-state index contributed by atoms with van der Waals surface area (Å²) in [5, 5.41) is 3.99. The summed E-state index contributed by atoms with van der Waals surface area (Å²) in [6, 6.07) is 17.3. The van der Waals surface area contributed by atoms with Gasteiger partial charge in [0.25, 0.3) is 11.8 Å². The van der Waals surface area contributed by atoms with Gasteiger partial charge in [-0.05, 0) is 33.9 Å². The van der Waals surface area contributed by atoms with Gasteiger partial charge in [-0.15, -0.1) is 11.3 Å². The third-order valence-corrected chi connectivity index (χ3v) is 4.15. The first kappa shape index (κ1) is 15.0. The molecule has 5 heteroatoms. The van der Waals surface area contributed by atoms with Crippen LogP contribution in [0.4, 0.5) is 0 Å². The Morgan fingerprint density at radius 3 is 2.57 bits per heavy atom. The van der Waals surface area contributed by atoms with E-state index < -0.39 is 0 Å². The molecule has 114 valence electrons. The van der Waals surface area contributed by atoms with Gasteiger partial charge in [0.15, 0.2) is 0 Å². The van der Waals surface area contributed by atoms with Gasteiger partial charge in [-0.25, -0.2) is 0 Å². The van der Waals surface area contributed by atoms with E-state index in [1.54, 1.807) is 23.6 Å². The zero-order valence-electron chi connectivity index (χ0n) is 12.2. The van der Waals surface area contributed by atoms with E-state index in [2.05, 4.69) is 10.9 Å². The average molecular weight is 322 g/mol. The number of carbonyl (C=O) groups is 2. The molecular weight excluding hydrogens is 308 g/mol. The van der Waals surface area contributed by atoms with Crippen molar-refractivity contribution in [2.45, 2.75) is 0 Å². The molecule has 0 aliphatic heterocycles. The van der Waals surface area contributed by atoms with Crippen molar-refractivity contribution in [2.24, 2.45) is 0 Å². The molecule has 4 nitrogen and oxygen atoms in total. The van der Waals surface area contributed by atoms with Crippen molar-refractivity contribution in [2.75, 3.05) is 0 Å². The normalized spacial score (nSPS) is 10.8. The highest BCUT2D eigenvalue weighted by atomic mass is 32.1. The third kappa shape index (κ3) is 3.64. The molecule has 0 atom stereocenters. The lowest BCUT2D eigenvalue weighted by Gasteiger charge is -2.04. The lowest BCUT2D eigenvalue weighted by molar-refractivity contribution is -0.117. The molecule has 2 amide bonds. The number of hydrogen-bond donors (Lipinski definition) is 2. The van der Waals surface area contributed by atoms with E-state index in [1.807, 2.05) is 42.5 Å².